The molecule has 0 bridgehead atoms. The van der Waals surface area contributed by atoms with Gasteiger partial charge in [-0.1, -0.05) is 36.4 Å². The molecule has 0 aliphatic carbocycles. The third kappa shape index (κ3) is 4.88. The number of para-hydroxylation sites is 2. The van der Waals surface area contributed by atoms with Gasteiger partial charge in [-0.05, 0) is 68.3 Å². The Morgan fingerprint density at radius 1 is 0.778 bits per heavy atom. The fourth-order valence-electron chi connectivity index (χ4n) is 2.78. The average molecular weight is 360 g/mol. The van der Waals surface area contributed by atoms with Gasteiger partial charge in [0.1, 0.15) is 5.75 Å². The van der Waals surface area contributed by atoms with E-state index >= 15 is 0 Å². The normalized spacial score (nSPS) is 11.5. The van der Waals surface area contributed by atoms with Gasteiger partial charge in [0.15, 0.2) is 6.10 Å². The Bertz CT molecular complexity index is 885. The van der Waals surface area contributed by atoms with Crippen LogP contribution in [0.2, 0.25) is 0 Å². The number of rotatable bonds is 6. The number of aryl methyl sites for hydroxylation is 2. The lowest BCUT2D eigenvalue weighted by Gasteiger charge is -2.18. The van der Waals surface area contributed by atoms with Crippen LogP contribution < -0.4 is 15.4 Å². The van der Waals surface area contributed by atoms with Crippen molar-refractivity contribution in [1.29, 1.82) is 0 Å². The molecule has 0 aromatic heterocycles. The van der Waals surface area contributed by atoms with E-state index in [4.69, 9.17) is 4.74 Å². The first-order valence-electron chi connectivity index (χ1n) is 8.99. The van der Waals surface area contributed by atoms with Crippen LogP contribution >= 0.6 is 0 Å². The summed E-state index contributed by atoms with van der Waals surface area (Å²) in [5.74, 6) is 0.587. The molecule has 27 heavy (non-hydrogen) atoms. The fourth-order valence-corrected chi connectivity index (χ4v) is 2.78. The van der Waals surface area contributed by atoms with Gasteiger partial charge in [0, 0.05) is 17.1 Å². The average Bonchev–Trinajstić information content (AvgIpc) is 2.67. The van der Waals surface area contributed by atoms with Gasteiger partial charge in [-0.3, -0.25) is 4.79 Å². The summed E-state index contributed by atoms with van der Waals surface area (Å²) < 4.78 is 5.89. The van der Waals surface area contributed by atoms with Crippen molar-refractivity contribution in [2.45, 2.75) is 26.9 Å². The minimum atomic E-state index is -0.591. The van der Waals surface area contributed by atoms with E-state index in [0.717, 1.165) is 33.9 Å². The van der Waals surface area contributed by atoms with Crippen molar-refractivity contribution >= 4 is 23.0 Å². The second-order valence-electron chi connectivity index (χ2n) is 6.54. The molecule has 4 nitrogen and oxygen atoms in total. The van der Waals surface area contributed by atoms with E-state index in [1.54, 1.807) is 6.92 Å². The monoisotopic (exact) mass is 360 g/mol. The third-order valence-electron chi connectivity index (χ3n) is 4.29. The van der Waals surface area contributed by atoms with Crippen molar-refractivity contribution in [2.24, 2.45) is 0 Å². The Morgan fingerprint density at radius 2 is 1.33 bits per heavy atom. The van der Waals surface area contributed by atoms with Gasteiger partial charge >= 0.3 is 0 Å². The lowest BCUT2D eigenvalue weighted by molar-refractivity contribution is -0.122. The Labute approximate surface area is 160 Å². The highest BCUT2D eigenvalue weighted by Crippen LogP contribution is 2.24. The smallest absolute Gasteiger partial charge is 0.265 e. The van der Waals surface area contributed by atoms with E-state index in [0.29, 0.717) is 0 Å². The predicted octanol–water partition coefficient (Wildman–Crippen LogP) is 5.45. The van der Waals surface area contributed by atoms with Crippen molar-refractivity contribution in [3.05, 3.63) is 83.9 Å². The SMILES string of the molecule is Cc1cccc(C)c1O[C@@H](C)C(=O)Nc1ccc(Nc2ccccc2)cc1. The summed E-state index contributed by atoms with van der Waals surface area (Å²) in [7, 11) is 0. The van der Waals surface area contributed by atoms with E-state index in [2.05, 4.69) is 10.6 Å². The van der Waals surface area contributed by atoms with Crippen molar-refractivity contribution < 1.29 is 9.53 Å². The number of hydrogen-bond acceptors (Lipinski definition) is 3. The number of benzene rings is 3. The quantitative estimate of drug-likeness (QED) is 0.614. The highest BCUT2D eigenvalue weighted by atomic mass is 16.5. The van der Waals surface area contributed by atoms with Gasteiger partial charge in [-0.15, -0.1) is 0 Å². The standard InChI is InChI=1S/C23H24N2O2/c1-16-8-7-9-17(2)22(16)27-18(3)23(26)25-21-14-12-20(13-15-21)24-19-10-5-4-6-11-19/h4-15,18,24H,1-3H3,(H,25,26)/t18-/m0/s1. The molecule has 3 aromatic rings. The molecular weight excluding hydrogens is 336 g/mol. The minimum absolute atomic E-state index is 0.179. The Balaban J connectivity index is 1.60. The Morgan fingerprint density at radius 3 is 1.96 bits per heavy atom. The maximum atomic E-state index is 12.5. The van der Waals surface area contributed by atoms with Crippen LogP contribution in [-0.2, 0) is 4.79 Å². The molecule has 0 radical (unpaired) electrons. The van der Waals surface area contributed by atoms with Gasteiger partial charge in [-0.25, -0.2) is 0 Å². The number of carbonyl (C=O) groups is 1. The number of amides is 1. The van der Waals surface area contributed by atoms with E-state index in [-0.39, 0.29) is 5.91 Å². The summed E-state index contributed by atoms with van der Waals surface area (Å²) in [4.78, 5) is 12.5. The number of nitrogens with one attached hydrogen (secondary N) is 2. The first-order chi connectivity index (χ1) is 13.0. The molecule has 0 saturated heterocycles. The van der Waals surface area contributed by atoms with Gasteiger partial charge < -0.3 is 15.4 Å². The summed E-state index contributed by atoms with van der Waals surface area (Å²) in [5, 5.41) is 6.22. The second-order valence-corrected chi connectivity index (χ2v) is 6.54. The molecule has 0 saturated carbocycles. The molecule has 2 N–H and O–H groups in total. The number of hydrogen-bond donors (Lipinski definition) is 2. The summed E-state index contributed by atoms with van der Waals surface area (Å²) in [5.41, 5.74) is 4.75. The second kappa shape index (κ2) is 8.41. The highest BCUT2D eigenvalue weighted by molar-refractivity contribution is 5.94. The number of carbonyl (C=O) groups excluding carboxylic acids is 1. The van der Waals surface area contributed by atoms with Crippen molar-refractivity contribution in [3.8, 4) is 5.75 Å². The first-order valence-corrected chi connectivity index (χ1v) is 8.99. The zero-order valence-electron chi connectivity index (χ0n) is 15.8. The van der Waals surface area contributed by atoms with E-state index < -0.39 is 6.10 Å². The van der Waals surface area contributed by atoms with Gasteiger partial charge in [0.2, 0.25) is 0 Å². The number of anilines is 3. The molecule has 0 unspecified atom stereocenters. The zero-order valence-corrected chi connectivity index (χ0v) is 15.8. The van der Waals surface area contributed by atoms with Crippen LogP contribution in [0.4, 0.5) is 17.1 Å². The van der Waals surface area contributed by atoms with E-state index in [9.17, 15) is 4.79 Å². The van der Waals surface area contributed by atoms with Crippen molar-refractivity contribution in [2.75, 3.05) is 10.6 Å². The predicted molar refractivity (Wildman–Crippen MR) is 111 cm³/mol. The molecule has 0 heterocycles. The molecule has 3 rings (SSSR count). The first kappa shape index (κ1) is 18.5. The molecule has 0 fully saturated rings. The molecule has 138 valence electrons. The minimum Gasteiger partial charge on any atom is -0.480 e. The fraction of sp³-hybridized carbons (Fsp3) is 0.174. The molecule has 3 aromatic carbocycles. The zero-order chi connectivity index (χ0) is 19.2. The molecule has 4 heteroatoms. The van der Waals surface area contributed by atoms with Crippen LogP contribution in [-0.4, -0.2) is 12.0 Å². The van der Waals surface area contributed by atoms with Gasteiger partial charge in [-0.2, -0.15) is 0 Å². The summed E-state index contributed by atoms with van der Waals surface area (Å²) >= 11 is 0. The van der Waals surface area contributed by atoms with Crippen LogP contribution in [0.25, 0.3) is 0 Å². The molecule has 0 aliphatic rings. The van der Waals surface area contributed by atoms with Gasteiger partial charge in [0.25, 0.3) is 5.91 Å². The van der Waals surface area contributed by atoms with Crippen molar-refractivity contribution in [3.63, 3.8) is 0 Å². The molecule has 0 aliphatic heterocycles. The summed E-state index contributed by atoms with van der Waals surface area (Å²) in [6, 6.07) is 23.5. The Hall–Kier alpha value is -3.27. The molecule has 0 spiro atoms. The lowest BCUT2D eigenvalue weighted by Crippen LogP contribution is -2.30. The van der Waals surface area contributed by atoms with Crippen LogP contribution in [0, 0.1) is 13.8 Å². The largest absolute Gasteiger partial charge is 0.480 e. The maximum absolute atomic E-state index is 12.5. The highest BCUT2D eigenvalue weighted by Gasteiger charge is 2.17. The lowest BCUT2D eigenvalue weighted by atomic mass is 10.1. The van der Waals surface area contributed by atoms with Crippen LogP contribution in [0.3, 0.4) is 0 Å². The van der Waals surface area contributed by atoms with E-state index in [1.165, 1.54) is 0 Å². The maximum Gasteiger partial charge on any atom is 0.265 e. The summed E-state index contributed by atoms with van der Waals surface area (Å²) in [6.07, 6.45) is -0.591. The summed E-state index contributed by atoms with van der Waals surface area (Å²) in [6.45, 7) is 5.71. The topological polar surface area (TPSA) is 50.4 Å². The molecule has 1 atom stereocenters. The molecule has 1 amide bonds. The van der Waals surface area contributed by atoms with Crippen molar-refractivity contribution in [1.82, 2.24) is 0 Å². The van der Waals surface area contributed by atoms with Gasteiger partial charge in [0.05, 0.1) is 0 Å². The van der Waals surface area contributed by atoms with Crippen LogP contribution in [0.1, 0.15) is 18.1 Å². The van der Waals surface area contributed by atoms with Crippen LogP contribution in [0.15, 0.2) is 72.8 Å². The number of ether oxygens (including phenoxy) is 1. The van der Waals surface area contributed by atoms with E-state index in [1.807, 2.05) is 86.6 Å². The third-order valence-corrected chi connectivity index (χ3v) is 4.29. The Kier molecular flexibility index (Phi) is 5.77. The molecular formula is C23H24N2O2. The van der Waals surface area contributed by atoms with Crippen LogP contribution in [0.5, 0.6) is 5.75 Å².